The van der Waals surface area contributed by atoms with Crippen LogP contribution in [0.2, 0.25) is 0 Å². The molecule has 2 aromatic rings. The number of imide groups is 1. The molecule has 0 radical (unpaired) electrons. The average Bonchev–Trinajstić information content (AvgIpc) is 2.94. The number of ether oxygens (including phenoxy) is 1. The van der Waals surface area contributed by atoms with E-state index < -0.39 is 47.0 Å². The maximum Gasteiger partial charge on any atom is 0.325 e. The molecule has 0 bridgehead atoms. The molecular weight excluding hydrogens is 382 g/mol. The van der Waals surface area contributed by atoms with Crippen molar-refractivity contribution >= 4 is 17.7 Å². The van der Waals surface area contributed by atoms with Gasteiger partial charge in [0.05, 0.1) is 19.2 Å². The SMILES string of the molecule is COc1ccc2c(c1)CCC[C@@]21NC(=O)N(CC(=O)c2cc(F)ccc2F)C1=O. The number of rotatable bonds is 4. The van der Waals surface area contributed by atoms with E-state index in [1.807, 2.05) is 6.07 Å². The third kappa shape index (κ3) is 3.04. The molecule has 8 heteroatoms. The highest BCUT2D eigenvalue weighted by molar-refractivity contribution is 6.11. The van der Waals surface area contributed by atoms with Gasteiger partial charge in [0.1, 0.15) is 22.9 Å². The van der Waals surface area contributed by atoms with Crippen LogP contribution in [0.1, 0.15) is 34.3 Å². The van der Waals surface area contributed by atoms with E-state index in [4.69, 9.17) is 4.74 Å². The fourth-order valence-corrected chi connectivity index (χ4v) is 4.06. The van der Waals surface area contributed by atoms with Crippen LogP contribution in [-0.4, -0.2) is 36.3 Å². The molecule has 0 unspecified atom stereocenters. The molecule has 0 saturated carbocycles. The van der Waals surface area contributed by atoms with E-state index in [9.17, 15) is 23.2 Å². The van der Waals surface area contributed by atoms with Crippen LogP contribution in [0.15, 0.2) is 36.4 Å². The number of carbonyl (C=O) groups is 3. The number of urea groups is 1. The first-order valence-corrected chi connectivity index (χ1v) is 9.15. The lowest BCUT2D eigenvalue weighted by Gasteiger charge is -2.33. The van der Waals surface area contributed by atoms with Gasteiger partial charge in [-0.25, -0.2) is 13.6 Å². The number of methoxy groups -OCH3 is 1. The number of aryl methyl sites for hydroxylation is 1. The van der Waals surface area contributed by atoms with E-state index in [-0.39, 0.29) is 0 Å². The lowest BCUT2D eigenvalue weighted by atomic mass is 9.76. The summed E-state index contributed by atoms with van der Waals surface area (Å²) in [7, 11) is 1.54. The van der Waals surface area contributed by atoms with Gasteiger partial charge in [-0.2, -0.15) is 0 Å². The number of amides is 3. The Morgan fingerprint density at radius 2 is 2.00 bits per heavy atom. The van der Waals surface area contributed by atoms with Crippen molar-refractivity contribution in [3.63, 3.8) is 0 Å². The summed E-state index contributed by atoms with van der Waals surface area (Å²) in [6.45, 7) is -0.668. The minimum Gasteiger partial charge on any atom is -0.497 e. The zero-order chi connectivity index (χ0) is 20.8. The van der Waals surface area contributed by atoms with E-state index in [1.54, 1.807) is 19.2 Å². The van der Waals surface area contributed by atoms with Crippen molar-refractivity contribution in [2.45, 2.75) is 24.8 Å². The molecule has 1 aliphatic heterocycles. The quantitative estimate of drug-likeness (QED) is 0.633. The summed E-state index contributed by atoms with van der Waals surface area (Å²) < 4.78 is 32.5. The van der Waals surface area contributed by atoms with Crippen molar-refractivity contribution in [2.75, 3.05) is 13.7 Å². The second kappa shape index (κ2) is 6.95. The van der Waals surface area contributed by atoms with Crippen LogP contribution in [0, 0.1) is 11.6 Å². The fraction of sp³-hybridized carbons (Fsp3) is 0.286. The van der Waals surface area contributed by atoms with Crippen LogP contribution < -0.4 is 10.1 Å². The van der Waals surface area contributed by atoms with Crippen molar-refractivity contribution in [1.82, 2.24) is 10.2 Å². The molecule has 0 aromatic heterocycles. The standard InChI is InChI=1S/C21H18F2N2O4/c1-29-14-5-6-16-12(9-14)3-2-8-21(16)19(27)25(20(28)24-21)11-18(26)15-10-13(22)4-7-17(15)23/h4-7,9-10H,2-3,8,11H2,1H3,(H,24,28)/t21-/m1/s1. The molecule has 1 heterocycles. The lowest BCUT2D eigenvalue weighted by Crippen LogP contribution is -2.46. The molecule has 2 aromatic carbocycles. The monoisotopic (exact) mass is 400 g/mol. The Balaban J connectivity index is 1.65. The Kier molecular flexibility index (Phi) is 4.56. The maximum atomic E-state index is 13.9. The molecule has 6 nitrogen and oxygen atoms in total. The topological polar surface area (TPSA) is 75.7 Å². The largest absolute Gasteiger partial charge is 0.497 e. The molecule has 1 atom stereocenters. The first-order chi connectivity index (χ1) is 13.9. The van der Waals surface area contributed by atoms with Gasteiger partial charge >= 0.3 is 6.03 Å². The number of hydrogen-bond donors (Lipinski definition) is 1. The smallest absolute Gasteiger partial charge is 0.325 e. The number of ketones is 1. The van der Waals surface area contributed by atoms with Gasteiger partial charge < -0.3 is 10.1 Å². The molecule has 150 valence electrons. The van der Waals surface area contributed by atoms with Gasteiger partial charge in [-0.1, -0.05) is 6.07 Å². The van der Waals surface area contributed by atoms with Crippen LogP contribution in [0.3, 0.4) is 0 Å². The summed E-state index contributed by atoms with van der Waals surface area (Å²) in [4.78, 5) is 39.0. The zero-order valence-electron chi connectivity index (χ0n) is 15.6. The number of benzene rings is 2. The summed E-state index contributed by atoms with van der Waals surface area (Å²) in [6, 6.07) is 7.02. The van der Waals surface area contributed by atoms with Gasteiger partial charge in [-0.05, 0) is 60.7 Å². The minimum atomic E-state index is -1.27. The van der Waals surface area contributed by atoms with Crippen molar-refractivity contribution in [3.8, 4) is 5.75 Å². The number of hydrogen-bond acceptors (Lipinski definition) is 4. The number of Topliss-reactive ketones (excluding diaryl/α,β-unsaturated/α-hetero) is 1. The van der Waals surface area contributed by atoms with Gasteiger partial charge in [0.15, 0.2) is 5.78 Å². The highest BCUT2D eigenvalue weighted by atomic mass is 19.1. The molecule has 3 amide bonds. The molecule has 1 saturated heterocycles. The molecular formula is C21H18F2N2O4. The Morgan fingerprint density at radius 1 is 1.21 bits per heavy atom. The number of halogens is 2. The summed E-state index contributed by atoms with van der Waals surface area (Å²) >= 11 is 0. The van der Waals surface area contributed by atoms with Gasteiger partial charge in [-0.15, -0.1) is 0 Å². The second-order valence-corrected chi connectivity index (χ2v) is 7.15. The molecule has 29 heavy (non-hydrogen) atoms. The highest BCUT2D eigenvalue weighted by Crippen LogP contribution is 2.41. The predicted octanol–water partition coefficient (Wildman–Crippen LogP) is 2.94. The maximum absolute atomic E-state index is 13.9. The first kappa shape index (κ1) is 19.0. The summed E-state index contributed by atoms with van der Waals surface area (Å²) in [5.74, 6) is -2.47. The normalized spacial score (nSPS) is 20.6. The van der Waals surface area contributed by atoms with Crippen LogP contribution in [0.25, 0.3) is 0 Å². The van der Waals surface area contributed by atoms with Crippen molar-refractivity contribution in [1.29, 1.82) is 0 Å². The van der Waals surface area contributed by atoms with Crippen LogP contribution >= 0.6 is 0 Å². The summed E-state index contributed by atoms with van der Waals surface area (Å²) in [5, 5.41) is 2.72. The zero-order valence-corrected chi connectivity index (χ0v) is 15.6. The molecule has 4 rings (SSSR count). The fourth-order valence-electron chi connectivity index (χ4n) is 4.06. The highest BCUT2D eigenvalue weighted by Gasteiger charge is 2.54. The van der Waals surface area contributed by atoms with Crippen LogP contribution in [0.5, 0.6) is 5.75 Å². The minimum absolute atomic E-state index is 0.385. The van der Waals surface area contributed by atoms with Crippen molar-refractivity contribution in [2.24, 2.45) is 0 Å². The third-order valence-electron chi connectivity index (χ3n) is 5.48. The third-order valence-corrected chi connectivity index (χ3v) is 5.48. The summed E-state index contributed by atoms with van der Waals surface area (Å²) in [5.41, 5.74) is -0.221. The Hall–Kier alpha value is -3.29. The molecule has 1 aliphatic carbocycles. The van der Waals surface area contributed by atoms with Gasteiger partial charge in [0.25, 0.3) is 5.91 Å². The number of nitrogens with one attached hydrogen (secondary N) is 1. The predicted molar refractivity (Wildman–Crippen MR) is 98.5 cm³/mol. The number of nitrogens with zero attached hydrogens (tertiary/aromatic N) is 1. The average molecular weight is 400 g/mol. The molecule has 2 aliphatic rings. The second-order valence-electron chi connectivity index (χ2n) is 7.15. The van der Waals surface area contributed by atoms with Gasteiger partial charge in [0.2, 0.25) is 0 Å². The Morgan fingerprint density at radius 3 is 2.76 bits per heavy atom. The van der Waals surface area contributed by atoms with E-state index in [1.165, 1.54) is 0 Å². The number of carbonyl (C=O) groups excluding carboxylic acids is 3. The van der Waals surface area contributed by atoms with E-state index in [0.717, 1.165) is 35.1 Å². The van der Waals surface area contributed by atoms with Crippen LogP contribution in [0.4, 0.5) is 13.6 Å². The van der Waals surface area contributed by atoms with E-state index in [0.29, 0.717) is 24.2 Å². The van der Waals surface area contributed by atoms with Crippen molar-refractivity contribution < 1.29 is 27.9 Å². The molecule has 1 fully saturated rings. The van der Waals surface area contributed by atoms with Gasteiger partial charge in [0, 0.05) is 0 Å². The van der Waals surface area contributed by atoms with E-state index >= 15 is 0 Å². The summed E-state index contributed by atoms with van der Waals surface area (Å²) in [6.07, 6.45) is 1.77. The molecule has 1 N–H and O–H groups in total. The Bertz CT molecular complexity index is 1040. The van der Waals surface area contributed by atoms with Crippen LogP contribution in [-0.2, 0) is 16.8 Å². The number of fused-ring (bicyclic) bond motifs is 2. The van der Waals surface area contributed by atoms with E-state index in [2.05, 4.69) is 5.32 Å². The van der Waals surface area contributed by atoms with Gasteiger partial charge in [-0.3, -0.25) is 14.5 Å². The Labute approximate surface area is 165 Å². The molecule has 1 spiro atoms. The first-order valence-electron chi connectivity index (χ1n) is 9.15. The lowest BCUT2D eigenvalue weighted by molar-refractivity contribution is -0.131. The van der Waals surface area contributed by atoms with Crippen molar-refractivity contribution in [3.05, 3.63) is 64.7 Å².